The van der Waals surface area contributed by atoms with Gasteiger partial charge in [0.15, 0.2) is 12.6 Å². The van der Waals surface area contributed by atoms with Crippen LogP contribution in [0.1, 0.15) is 18.1 Å². The predicted octanol–water partition coefficient (Wildman–Crippen LogP) is 2.03. The molecule has 4 N–H and O–H groups in total. The van der Waals surface area contributed by atoms with Gasteiger partial charge in [0, 0.05) is 25.5 Å². The molecule has 0 aliphatic rings. The first-order valence-corrected chi connectivity index (χ1v) is 10.2. The monoisotopic (exact) mass is 420 g/mol. The molecule has 0 spiro atoms. The maximum atomic E-state index is 10.9. The number of hydrogen-bond acceptors (Lipinski definition) is 4. The van der Waals surface area contributed by atoms with Crippen LogP contribution in [0.2, 0.25) is 0 Å². The number of guanidine groups is 1. The van der Waals surface area contributed by atoms with Crippen LogP contribution in [0.4, 0.5) is 0 Å². The van der Waals surface area contributed by atoms with Gasteiger partial charge in [-0.2, -0.15) is 5.10 Å². The van der Waals surface area contributed by atoms with Crippen molar-refractivity contribution in [3.63, 3.8) is 0 Å². The Balaban J connectivity index is 1.51. The molecule has 1 heterocycles. The van der Waals surface area contributed by atoms with Gasteiger partial charge in [-0.1, -0.05) is 24.3 Å². The van der Waals surface area contributed by atoms with Crippen molar-refractivity contribution in [2.45, 2.75) is 19.9 Å². The van der Waals surface area contributed by atoms with Crippen LogP contribution in [0.5, 0.6) is 5.75 Å². The van der Waals surface area contributed by atoms with Gasteiger partial charge < -0.3 is 21.1 Å². The minimum atomic E-state index is -0.502. The lowest BCUT2D eigenvalue weighted by Gasteiger charge is -2.12. The number of nitrogens with one attached hydrogen (secondary N) is 2. The molecule has 162 valence electrons. The van der Waals surface area contributed by atoms with Crippen LogP contribution >= 0.6 is 0 Å². The Kier molecular flexibility index (Phi) is 8.05. The zero-order chi connectivity index (χ0) is 21.9. The highest BCUT2D eigenvalue weighted by atomic mass is 16.5. The predicted molar refractivity (Wildman–Crippen MR) is 121 cm³/mol. The summed E-state index contributed by atoms with van der Waals surface area (Å²) in [7, 11) is 0. The summed E-state index contributed by atoms with van der Waals surface area (Å²) in [5.74, 6) is 0.847. The summed E-state index contributed by atoms with van der Waals surface area (Å²) in [5, 5.41) is 10.9. The van der Waals surface area contributed by atoms with Gasteiger partial charge in [0.25, 0.3) is 5.91 Å². The van der Waals surface area contributed by atoms with Crippen LogP contribution in [-0.4, -0.2) is 41.3 Å². The van der Waals surface area contributed by atoms with E-state index in [1.807, 2.05) is 42.1 Å². The second-order valence-electron chi connectivity index (χ2n) is 6.89. The van der Waals surface area contributed by atoms with E-state index in [0.717, 1.165) is 36.7 Å². The number of amides is 1. The highest BCUT2D eigenvalue weighted by Gasteiger charge is 2.02. The smallest absolute Gasteiger partial charge is 0.255 e. The summed E-state index contributed by atoms with van der Waals surface area (Å²) >= 11 is 0. The van der Waals surface area contributed by atoms with E-state index in [4.69, 9.17) is 10.5 Å². The van der Waals surface area contributed by atoms with Gasteiger partial charge in [0.05, 0.1) is 12.2 Å². The van der Waals surface area contributed by atoms with E-state index >= 15 is 0 Å². The molecule has 1 amide bonds. The van der Waals surface area contributed by atoms with E-state index in [2.05, 4.69) is 45.0 Å². The largest absolute Gasteiger partial charge is 0.484 e. The van der Waals surface area contributed by atoms with Crippen molar-refractivity contribution in [2.24, 2.45) is 10.7 Å². The summed E-state index contributed by atoms with van der Waals surface area (Å²) in [6.45, 7) is 3.91. The molecule has 8 nitrogen and oxygen atoms in total. The number of ether oxygens (including phenoxy) is 1. The Bertz CT molecular complexity index is 984. The van der Waals surface area contributed by atoms with Gasteiger partial charge in [0.2, 0.25) is 0 Å². The second-order valence-corrected chi connectivity index (χ2v) is 6.89. The maximum absolute atomic E-state index is 10.9. The molecule has 0 aliphatic heterocycles. The third kappa shape index (κ3) is 7.18. The van der Waals surface area contributed by atoms with Gasteiger partial charge in [-0.15, -0.1) is 0 Å². The molecular weight excluding hydrogens is 392 g/mol. The number of benzene rings is 2. The minimum absolute atomic E-state index is 0.139. The van der Waals surface area contributed by atoms with E-state index in [1.54, 1.807) is 12.3 Å². The van der Waals surface area contributed by atoms with E-state index in [0.29, 0.717) is 12.3 Å². The third-order valence-electron chi connectivity index (χ3n) is 4.45. The van der Waals surface area contributed by atoms with Crippen molar-refractivity contribution in [1.82, 2.24) is 20.4 Å². The second kappa shape index (κ2) is 11.4. The topological polar surface area (TPSA) is 107 Å². The highest BCUT2D eigenvalue weighted by Crippen LogP contribution is 2.14. The fourth-order valence-electron chi connectivity index (χ4n) is 2.96. The molecule has 0 saturated carbocycles. The summed E-state index contributed by atoms with van der Waals surface area (Å²) < 4.78 is 7.19. The average molecular weight is 421 g/mol. The Morgan fingerprint density at radius 2 is 1.97 bits per heavy atom. The van der Waals surface area contributed by atoms with E-state index < -0.39 is 5.91 Å². The lowest BCUT2D eigenvalue weighted by atomic mass is 10.1. The molecule has 1 aromatic heterocycles. The quantitative estimate of drug-likeness (QED) is 0.344. The summed E-state index contributed by atoms with van der Waals surface area (Å²) in [6.07, 6.45) is 4.57. The third-order valence-corrected chi connectivity index (χ3v) is 4.45. The molecule has 0 aliphatic carbocycles. The number of aliphatic imine (C=N–C) groups is 1. The number of nitrogens with zero attached hydrogens (tertiary/aromatic N) is 3. The van der Waals surface area contributed by atoms with E-state index in [-0.39, 0.29) is 6.61 Å². The number of hydrogen-bond donors (Lipinski definition) is 3. The first-order chi connectivity index (χ1) is 15.1. The number of aromatic nitrogens is 2. The maximum Gasteiger partial charge on any atom is 0.255 e. The van der Waals surface area contributed by atoms with E-state index in [9.17, 15) is 4.79 Å². The number of primary amides is 1. The van der Waals surface area contributed by atoms with E-state index in [1.165, 1.54) is 5.56 Å². The van der Waals surface area contributed by atoms with Crippen LogP contribution in [0.15, 0.2) is 72.0 Å². The zero-order valence-electron chi connectivity index (χ0n) is 17.6. The SMILES string of the molecule is CCNC(=NCc1cccc(OCC(N)=O)c1)NCCc1ccc(-n2cccn2)cc1. The van der Waals surface area contributed by atoms with Crippen molar-refractivity contribution in [3.05, 3.63) is 78.1 Å². The lowest BCUT2D eigenvalue weighted by molar-refractivity contribution is -0.119. The van der Waals surface area contributed by atoms with Crippen LogP contribution in [0.3, 0.4) is 0 Å². The molecule has 3 rings (SSSR count). The molecule has 0 bridgehead atoms. The summed E-state index contributed by atoms with van der Waals surface area (Å²) in [6, 6.07) is 17.7. The average Bonchev–Trinajstić information content (AvgIpc) is 3.32. The fraction of sp³-hybridized carbons (Fsp3) is 0.261. The molecule has 2 aromatic carbocycles. The number of rotatable bonds is 10. The fourth-order valence-corrected chi connectivity index (χ4v) is 2.96. The summed E-state index contributed by atoms with van der Waals surface area (Å²) in [5.41, 5.74) is 8.38. The molecule has 3 aromatic rings. The Hall–Kier alpha value is -3.81. The molecule has 8 heteroatoms. The van der Waals surface area contributed by atoms with Crippen molar-refractivity contribution in [2.75, 3.05) is 19.7 Å². The molecular formula is C23H28N6O2. The van der Waals surface area contributed by atoms with Crippen LogP contribution in [-0.2, 0) is 17.8 Å². The van der Waals surface area contributed by atoms with Crippen molar-refractivity contribution < 1.29 is 9.53 Å². The summed E-state index contributed by atoms with van der Waals surface area (Å²) in [4.78, 5) is 15.5. The normalized spacial score (nSPS) is 11.2. The van der Waals surface area contributed by atoms with Crippen molar-refractivity contribution >= 4 is 11.9 Å². The van der Waals surface area contributed by atoms with Crippen LogP contribution in [0.25, 0.3) is 5.69 Å². The first-order valence-electron chi connectivity index (χ1n) is 10.2. The molecule has 0 atom stereocenters. The van der Waals surface area contributed by atoms with Gasteiger partial charge in [0.1, 0.15) is 5.75 Å². The van der Waals surface area contributed by atoms with Gasteiger partial charge in [-0.3, -0.25) is 4.79 Å². The number of nitrogens with two attached hydrogens (primary N) is 1. The first kappa shape index (κ1) is 21.9. The Morgan fingerprint density at radius 3 is 2.68 bits per heavy atom. The van der Waals surface area contributed by atoms with Crippen molar-refractivity contribution in [1.29, 1.82) is 0 Å². The highest BCUT2D eigenvalue weighted by molar-refractivity contribution is 5.79. The van der Waals surface area contributed by atoms with Crippen LogP contribution < -0.4 is 21.1 Å². The standard InChI is InChI=1S/C23H28N6O2/c1-2-25-23(27-16-19-5-3-6-21(15-19)31-17-22(24)30)26-13-11-18-7-9-20(10-8-18)29-14-4-12-28-29/h3-10,12,14-15H,2,11,13,16-17H2,1H3,(H2,24,30)(H2,25,26,27). The van der Waals surface area contributed by atoms with Gasteiger partial charge in [-0.25, -0.2) is 9.67 Å². The Morgan fingerprint density at radius 1 is 1.13 bits per heavy atom. The molecule has 0 fully saturated rings. The lowest BCUT2D eigenvalue weighted by Crippen LogP contribution is -2.38. The molecule has 31 heavy (non-hydrogen) atoms. The molecule has 0 saturated heterocycles. The molecule has 0 unspecified atom stereocenters. The number of carbonyl (C=O) groups is 1. The zero-order valence-corrected chi connectivity index (χ0v) is 17.6. The van der Waals surface area contributed by atoms with Gasteiger partial charge >= 0.3 is 0 Å². The van der Waals surface area contributed by atoms with Crippen molar-refractivity contribution in [3.8, 4) is 11.4 Å². The van der Waals surface area contributed by atoms with Gasteiger partial charge in [-0.05, 0) is 54.8 Å². The minimum Gasteiger partial charge on any atom is -0.484 e. The molecule has 0 radical (unpaired) electrons. The van der Waals surface area contributed by atoms with Crippen LogP contribution in [0, 0.1) is 0 Å². The number of carbonyl (C=O) groups excluding carboxylic acids is 1. The Labute approximate surface area is 182 Å².